The molecule has 282 valence electrons. The van der Waals surface area contributed by atoms with Crippen molar-refractivity contribution in [1.29, 1.82) is 0 Å². The van der Waals surface area contributed by atoms with Gasteiger partial charge in [0, 0.05) is 25.7 Å². The SMILES string of the molecule is CCCCCOC(=O)CCCCCCC(=O)OCC(COP(=O)(O)OCC[N+](C)(C)C)OC(=O)CCCCCCC(=O)OCCCCC. The lowest BCUT2D eigenvalue weighted by Gasteiger charge is -2.24. The van der Waals surface area contributed by atoms with Crippen LogP contribution >= 0.6 is 7.82 Å². The lowest BCUT2D eigenvalue weighted by atomic mass is 10.1. The van der Waals surface area contributed by atoms with E-state index in [9.17, 15) is 28.6 Å². The van der Waals surface area contributed by atoms with Gasteiger partial charge in [-0.25, -0.2) is 4.57 Å². The minimum atomic E-state index is -4.43. The van der Waals surface area contributed by atoms with Crippen molar-refractivity contribution in [2.24, 2.45) is 0 Å². The molecule has 0 fully saturated rings. The maximum atomic E-state index is 12.5. The van der Waals surface area contributed by atoms with Gasteiger partial charge in [-0.15, -0.1) is 0 Å². The first-order valence-corrected chi connectivity index (χ1v) is 19.4. The van der Waals surface area contributed by atoms with Crippen LogP contribution in [0.1, 0.15) is 129 Å². The number of quaternary nitrogens is 1. The van der Waals surface area contributed by atoms with E-state index < -0.39 is 32.5 Å². The quantitative estimate of drug-likeness (QED) is 0.0268. The highest BCUT2D eigenvalue weighted by molar-refractivity contribution is 7.47. The van der Waals surface area contributed by atoms with Gasteiger partial charge in [-0.2, -0.15) is 0 Å². The van der Waals surface area contributed by atoms with Gasteiger partial charge >= 0.3 is 31.7 Å². The largest absolute Gasteiger partial charge is 0.472 e. The highest BCUT2D eigenvalue weighted by Crippen LogP contribution is 2.43. The summed E-state index contributed by atoms with van der Waals surface area (Å²) in [7, 11) is 1.29. The molecule has 0 aromatic rings. The number of carbonyl (C=O) groups excluding carboxylic acids is 4. The van der Waals surface area contributed by atoms with Gasteiger partial charge in [0.25, 0.3) is 0 Å². The summed E-state index contributed by atoms with van der Waals surface area (Å²) in [6.07, 6.45) is 11.2. The number of ether oxygens (including phenoxy) is 4. The van der Waals surface area contributed by atoms with E-state index in [1.165, 1.54) is 0 Å². The van der Waals surface area contributed by atoms with Crippen molar-refractivity contribution < 1.29 is 61.1 Å². The fourth-order valence-corrected chi connectivity index (χ4v) is 5.01. The number of phosphoric acid groups is 1. The molecule has 0 radical (unpaired) electrons. The number of rotatable bonds is 32. The summed E-state index contributed by atoms with van der Waals surface area (Å²) < 4.78 is 44.1. The molecule has 0 aromatic carbocycles. The summed E-state index contributed by atoms with van der Waals surface area (Å²) in [5.41, 5.74) is 0. The van der Waals surface area contributed by atoms with E-state index in [0.29, 0.717) is 69.2 Å². The fourth-order valence-electron chi connectivity index (χ4n) is 4.27. The summed E-state index contributed by atoms with van der Waals surface area (Å²) in [6.45, 7) is 4.69. The Labute approximate surface area is 288 Å². The van der Waals surface area contributed by atoms with Gasteiger partial charge < -0.3 is 28.3 Å². The van der Waals surface area contributed by atoms with Crippen molar-refractivity contribution in [2.75, 3.05) is 60.7 Å². The molecular weight excluding hydrogens is 645 g/mol. The van der Waals surface area contributed by atoms with Gasteiger partial charge in [0.1, 0.15) is 19.8 Å². The summed E-state index contributed by atoms with van der Waals surface area (Å²) in [5, 5.41) is 0. The summed E-state index contributed by atoms with van der Waals surface area (Å²) in [4.78, 5) is 58.5. The molecule has 0 aliphatic carbocycles. The topological polar surface area (TPSA) is 161 Å². The minimum absolute atomic E-state index is 0.0204. The number of phosphoric ester groups is 1. The summed E-state index contributed by atoms with van der Waals surface area (Å²) in [5.74, 6) is -1.46. The van der Waals surface area contributed by atoms with Crippen LogP contribution in [-0.4, -0.2) is 100 Å². The molecule has 13 nitrogen and oxygen atoms in total. The van der Waals surface area contributed by atoms with Gasteiger partial charge in [-0.3, -0.25) is 28.2 Å². The van der Waals surface area contributed by atoms with Crippen LogP contribution in [0.15, 0.2) is 0 Å². The Morgan fingerprint density at radius 3 is 1.44 bits per heavy atom. The molecule has 0 amide bonds. The van der Waals surface area contributed by atoms with E-state index >= 15 is 0 Å². The average molecular weight is 711 g/mol. The lowest BCUT2D eigenvalue weighted by molar-refractivity contribution is -0.870. The normalized spacial score (nSPS) is 13.4. The van der Waals surface area contributed by atoms with E-state index in [0.717, 1.165) is 57.8 Å². The first kappa shape index (κ1) is 46.0. The molecule has 0 aromatic heterocycles. The second-order valence-electron chi connectivity index (χ2n) is 13.1. The Bertz CT molecular complexity index is 924. The van der Waals surface area contributed by atoms with Crippen LogP contribution in [-0.2, 0) is 51.7 Å². The van der Waals surface area contributed by atoms with Gasteiger partial charge in [-0.05, 0) is 38.5 Å². The molecule has 48 heavy (non-hydrogen) atoms. The van der Waals surface area contributed by atoms with Crippen LogP contribution in [0.5, 0.6) is 0 Å². The summed E-state index contributed by atoms with van der Waals surface area (Å²) in [6, 6.07) is 0. The number of carbonyl (C=O) groups is 4. The van der Waals surface area contributed by atoms with Crippen LogP contribution in [0.2, 0.25) is 0 Å². The van der Waals surface area contributed by atoms with E-state index in [-0.39, 0.29) is 38.0 Å². The molecule has 14 heteroatoms. The molecule has 0 aliphatic rings. The highest BCUT2D eigenvalue weighted by atomic mass is 31.2. The third-order valence-corrected chi connectivity index (χ3v) is 8.20. The maximum Gasteiger partial charge on any atom is 0.472 e. The molecule has 0 spiro atoms. The third kappa shape index (κ3) is 31.2. The molecule has 1 N–H and O–H groups in total. The van der Waals surface area contributed by atoms with Gasteiger partial charge in [0.15, 0.2) is 6.10 Å². The van der Waals surface area contributed by atoms with Crippen molar-refractivity contribution in [3.8, 4) is 0 Å². The Morgan fingerprint density at radius 1 is 0.562 bits per heavy atom. The zero-order valence-electron chi connectivity index (χ0n) is 30.4. The molecule has 0 aliphatic heterocycles. The fraction of sp³-hybridized carbons (Fsp3) is 0.882. The zero-order valence-corrected chi connectivity index (χ0v) is 31.3. The number of hydrogen-bond acceptors (Lipinski definition) is 11. The predicted octanol–water partition coefficient (Wildman–Crippen LogP) is 6.43. The Kier molecular flexibility index (Phi) is 27.5. The first-order chi connectivity index (χ1) is 22.8. The Balaban J connectivity index is 4.57. The molecule has 0 bridgehead atoms. The zero-order chi connectivity index (χ0) is 36.1. The standard InChI is InChI=1S/C34H64NO12P/c1-6-8-18-25-42-31(36)20-14-10-11-16-22-33(38)44-28-30(29-46-48(40,41)45-27-24-35(3,4)5)47-34(39)23-17-13-12-15-21-32(37)43-26-19-9-7-2/h30H,6-29H2,1-5H3/p+1. The van der Waals surface area contributed by atoms with Crippen LogP contribution < -0.4 is 0 Å². The predicted molar refractivity (Wildman–Crippen MR) is 182 cm³/mol. The highest BCUT2D eigenvalue weighted by Gasteiger charge is 2.27. The first-order valence-electron chi connectivity index (χ1n) is 17.9. The van der Waals surface area contributed by atoms with Crippen LogP contribution in [0, 0.1) is 0 Å². The molecule has 0 saturated carbocycles. The number of nitrogens with zero attached hydrogens (tertiary/aromatic N) is 1. The number of esters is 4. The number of likely N-dealkylation sites (N-methyl/N-ethyl adjacent to an activating group) is 1. The second kappa shape index (κ2) is 28.8. The monoisotopic (exact) mass is 710 g/mol. The maximum absolute atomic E-state index is 12.5. The van der Waals surface area contributed by atoms with Gasteiger partial charge in [0.2, 0.25) is 0 Å². The van der Waals surface area contributed by atoms with Crippen LogP contribution in [0.4, 0.5) is 0 Å². The van der Waals surface area contributed by atoms with E-state index in [4.69, 9.17) is 28.0 Å². The molecule has 2 unspecified atom stereocenters. The van der Waals surface area contributed by atoms with Gasteiger partial charge in [-0.1, -0.05) is 65.2 Å². The number of hydrogen-bond donors (Lipinski definition) is 1. The van der Waals surface area contributed by atoms with Crippen molar-refractivity contribution >= 4 is 31.7 Å². The molecule has 0 rings (SSSR count). The Hall–Kier alpha value is -2.05. The van der Waals surface area contributed by atoms with Crippen molar-refractivity contribution in [1.82, 2.24) is 0 Å². The smallest absolute Gasteiger partial charge is 0.466 e. The minimum Gasteiger partial charge on any atom is -0.466 e. The molecule has 2 atom stereocenters. The average Bonchev–Trinajstić information content (AvgIpc) is 3.01. The lowest BCUT2D eigenvalue weighted by Crippen LogP contribution is -2.37. The second-order valence-corrected chi connectivity index (χ2v) is 14.5. The van der Waals surface area contributed by atoms with Crippen molar-refractivity contribution in [3.05, 3.63) is 0 Å². The van der Waals surface area contributed by atoms with E-state index in [2.05, 4.69) is 13.8 Å². The van der Waals surface area contributed by atoms with E-state index in [1.807, 2.05) is 21.1 Å². The Morgan fingerprint density at radius 2 is 1.00 bits per heavy atom. The van der Waals surface area contributed by atoms with Crippen LogP contribution in [0.25, 0.3) is 0 Å². The van der Waals surface area contributed by atoms with E-state index in [1.54, 1.807) is 0 Å². The van der Waals surface area contributed by atoms with Gasteiger partial charge in [0.05, 0.1) is 41.0 Å². The number of unbranched alkanes of at least 4 members (excludes halogenated alkanes) is 10. The molecule has 0 heterocycles. The van der Waals surface area contributed by atoms with Crippen molar-refractivity contribution in [2.45, 2.75) is 136 Å². The van der Waals surface area contributed by atoms with Crippen molar-refractivity contribution in [3.63, 3.8) is 0 Å². The van der Waals surface area contributed by atoms with Crippen LogP contribution in [0.3, 0.4) is 0 Å². The third-order valence-electron chi connectivity index (χ3n) is 7.21. The summed E-state index contributed by atoms with van der Waals surface area (Å²) >= 11 is 0. The molecular formula is C34H65NO12P+. The molecule has 0 saturated heterocycles.